The van der Waals surface area contributed by atoms with E-state index in [-0.39, 0.29) is 12.2 Å². The van der Waals surface area contributed by atoms with E-state index in [1.807, 2.05) is 0 Å². The summed E-state index contributed by atoms with van der Waals surface area (Å²) in [6.45, 7) is 1.72. The van der Waals surface area contributed by atoms with Gasteiger partial charge in [-0.1, -0.05) is 6.07 Å². The third-order valence-corrected chi connectivity index (χ3v) is 3.25. The fourth-order valence-electron chi connectivity index (χ4n) is 1.69. The van der Waals surface area contributed by atoms with Crippen molar-refractivity contribution >= 4 is 11.6 Å². The normalized spacial score (nSPS) is 16.7. The van der Waals surface area contributed by atoms with Crippen molar-refractivity contribution < 1.29 is 13.6 Å². The molecule has 0 unspecified atom stereocenters. The molecule has 0 bridgehead atoms. The van der Waals surface area contributed by atoms with Gasteiger partial charge < -0.3 is 11.1 Å². The van der Waals surface area contributed by atoms with E-state index in [9.17, 15) is 13.6 Å². The van der Waals surface area contributed by atoms with Crippen LogP contribution in [0.2, 0.25) is 0 Å². The number of rotatable bonds is 3. The molecule has 0 saturated heterocycles. The monoisotopic (exact) mass is 240 g/mol. The summed E-state index contributed by atoms with van der Waals surface area (Å²) in [6.07, 6.45) is 1.34. The van der Waals surface area contributed by atoms with Crippen LogP contribution in [-0.4, -0.2) is 12.5 Å². The van der Waals surface area contributed by atoms with Gasteiger partial charge in [0.2, 0.25) is 5.91 Å². The van der Waals surface area contributed by atoms with Crippen molar-refractivity contribution in [2.24, 2.45) is 11.1 Å². The smallest absolute Gasteiger partial charge is 0.232 e. The van der Waals surface area contributed by atoms with Gasteiger partial charge >= 0.3 is 0 Å². The second kappa shape index (κ2) is 4.07. The summed E-state index contributed by atoms with van der Waals surface area (Å²) in [5.74, 6) is -1.90. The van der Waals surface area contributed by atoms with E-state index in [1.54, 1.807) is 0 Å². The maximum Gasteiger partial charge on any atom is 0.232 e. The summed E-state index contributed by atoms with van der Waals surface area (Å²) in [7, 11) is 0. The molecule has 92 valence electrons. The lowest BCUT2D eigenvalue weighted by atomic mass is 10.1. The fourth-order valence-corrected chi connectivity index (χ4v) is 1.69. The number of aryl methyl sites for hydroxylation is 1. The minimum Gasteiger partial charge on any atom is -0.329 e. The lowest BCUT2D eigenvalue weighted by Crippen LogP contribution is -2.31. The zero-order chi connectivity index (χ0) is 12.6. The molecule has 1 aromatic carbocycles. The van der Waals surface area contributed by atoms with Crippen molar-refractivity contribution in [2.75, 3.05) is 11.9 Å². The summed E-state index contributed by atoms with van der Waals surface area (Å²) >= 11 is 0. The van der Waals surface area contributed by atoms with Crippen LogP contribution < -0.4 is 11.1 Å². The highest BCUT2D eigenvalue weighted by atomic mass is 19.1. The van der Waals surface area contributed by atoms with Gasteiger partial charge in [0, 0.05) is 6.54 Å². The lowest BCUT2D eigenvalue weighted by Gasteiger charge is -2.14. The molecular weight excluding hydrogens is 226 g/mol. The van der Waals surface area contributed by atoms with Gasteiger partial charge in [-0.25, -0.2) is 8.78 Å². The van der Waals surface area contributed by atoms with Crippen molar-refractivity contribution in [2.45, 2.75) is 19.8 Å². The van der Waals surface area contributed by atoms with Crippen molar-refractivity contribution in [1.29, 1.82) is 0 Å². The maximum atomic E-state index is 13.6. The second-order valence-electron chi connectivity index (χ2n) is 4.49. The molecule has 1 amide bonds. The van der Waals surface area contributed by atoms with E-state index in [2.05, 4.69) is 5.32 Å². The van der Waals surface area contributed by atoms with Gasteiger partial charge in [-0.2, -0.15) is 0 Å². The van der Waals surface area contributed by atoms with Gasteiger partial charge in [-0.05, 0) is 31.4 Å². The molecule has 1 aliphatic carbocycles. The SMILES string of the molecule is Cc1ccc(F)c(NC(=O)C2(CN)CC2)c1F. The number of carbonyl (C=O) groups is 1. The predicted octanol–water partition coefficient (Wildman–Crippen LogP) is 1.95. The Morgan fingerprint density at radius 1 is 1.47 bits per heavy atom. The molecule has 3 N–H and O–H groups in total. The lowest BCUT2D eigenvalue weighted by molar-refractivity contribution is -0.120. The highest BCUT2D eigenvalue weighted by Gasteiger charge is 2.48. The van der Waals surface area contributed by atoms with E-state index in [1.165, 1.54) is 13.0 Å². The van der Waals surface area contributed by atoms with Crippen LogP contribution in [0.1, 0.15) is 18.4 Å². The average Bonchev–Trinajstić information content (AvgIpc) is 3.10. The summed E-state index contributed by atoms with van der Waals surface area (Å²) in [5.41, 5.74) is 4.77. The Bertz CT molecular complexity index is 470. The number of hydrogen-bond acceptors (Lipinski definition) is 2. The minimum atomic E-state index is -0.769. The number of anilines is 1. The van der Waals surface area contributed by atoms with Gasteiger partial charge in [-0.3, -0.25) is 4.79 Å². The molecule has 1 saturated carbocycles. The molecule has 5 heteroatoms. The molecule has 0 atom stereocenters. The Morgan fingerprint density at radius 3 is 2.65 bits per heavy atom. The van der Waals surface area contributed by atoms with E-state index in [0.29, 0.717) is 18.4 Å². The summed E-state index contributed by atoms with van der Waals surface area (Å²) in [5, 5.41) is 2.30. The molecule has 0 heterocycles. The number of halogens is 2. The quantitative estimate of drug-likeness (QED) is 0.848. The summed E-state index contributed by atoms with van der Waals surface area (Å²) in [6, 6.07) is 2.46. The first-order valence-corrected chi connectivity index (χ1v) is 5.46. The maximum absolute atomic E-state index is 13.6. The number of nitrogens with two attached hydrogens (primary N) is 1. The zero-order valence-electron chi connectivity index (χ0n) is 9.52. The molecule has 1 fully saturated rings. The number of benzene rings is 1. The van der Waals surface area contributed by atoms with E-state index < -0.39 is 23.0 Å². The van der Waals surface area contributed by atoms with E-state index in [4.69, 9.17) is 5.73 Å². The van der Waals surface area contributed by atoms with Crippen LogP contribution in [0, 0.1) is 24.0 Å². The third-order valence-electron chi connectivity index (χ3n) is 3.25. The number of carbonyl (C=O) groups excluding carboxylic acids is 1. The van der Waals surface area contributed by atoms with Gasteiger partial charge in [0.25, 0.3) is 0 Å². The van der Waals surface area contributed by atoms with Crippen molar-refractivity contribution in [3.8, 4) is 0 Å². The Kier molecular flexibility index (Phi) is 2.87. The molecule has 17 heavy (non-hydrogen) atoms. The largest absolute Gasteiger partial charge is 0.329 e. The van der Waals surface area contributed by atoms with Crippen LogP contribution in [-0.2, 0) is 4.79 Å². The van der Waals surface area contributed by atoms with Crippen LogP contribution in [0.3, 0.4) is 0 Å². The van der Waals surface area contributed by atoms with E-state index in [0.717, 1.165) is 6.07 Å². The second-order valence-corrected chi connectivity index (χ2v) is 4.49. The summed E-state index contributed by atoms with van der Waals surface area (Å²) in [4.78, 5) is 11.8. The molecule has 0 spiro atoms. The van der Waals surface area contributed by atoms with E-state index >= 15 is 0 Å². The standard InChI is InChI=1S/C12H14F2N2O/c1-7-2-3-8(13)10(9(7)14)16-11(17)12(6-15)4-5-12/h2-3H,4-6,15H2,1H3,(H,16,17). The Labute approximate surface area is 98.0 Å². The first-order valence-electron chi connectivity index (χ1n) is 5.46. The van der Waals surface area contributed by atoms with Crippen LogP contribution in [0.4, 0.5) is 14.5 Å². The van der Waals surface area contributed by atoms with Crippen LogP contribution in [0.5, 0.6) is 0 Å². The van der Waals surface area contributed by atoms with Crippen LogP contribution in [0.25, 0.3) is 0 Å². The molecule has 2 rings (SSSR count). The zero-order valence-corrected chi connectivity index (χ0v) is 9.52. The Morgan fingerprint density at radius 2 is 2.12 bits per heavy atom. The fraction of sp³-hybridized carbons (Fsp3) is 0.417. The summed E-state index contributed by atoms with van der Waals surface area (Å²) < 4.78 is 27.1. The first kappa shape index (κ1) is 12.0. The highest BCUT2D eigenvalue weighted by Crippen LogP contribution is 2.45. The molecule has 0 aliphatic heterocycles. The Balaban J connectivity index is 2.25. The number of nitrogens with one attached hydrogen (secondary N) is 1. The number of hydrogen-bond donors (Lipinski definition) is 2. The topological polar surface area (TPSA) is 55.1 Å². The van der Waals surface area contributed by atoms with Gasteiger partial charge in [0.05, 0.1) is 5.41 Å². The van der Waals surface area contributed by atoms with Gasteiger partial charge in [0.1, 0.15) is 11.5 Å². The molecule has 1 aliphatic rings. The minimum absolute atomic E-state index is 0.202. The highest BCUT2D eigenvalue weighted by molar-refractivity contribution is 5.97. The third kappa shape index (κ3) is 2.02. The predicted molar refractivity (Wildman–Crippen MR) is 60.4 cm³/mol. The van der Waals surface area contributed by atoms with Crippen LogP contribution >= 0.6 is 0 Å². The van der Waals surface area contributed by atoms with Crippen molar-refractivity contribution in [3.63, 3.8) is 0 Å². The first-order chi connectivity index (χ1) is 8.00. The van der Waals surface area contributed by atoms with Crippen LogP contribution in [0.15, 0.2) is 12.1 Å². The van der Waals surface area contributed by atoms with Crippen molar-refractivity contribution in [3.05, 3.63) is 29.3 Å². The molecule has 1 aromatic rings. The molecule has 0 aromatic heterocycles. The average molecular weight is 240 g/mol. The van der Waals surface area contributed by atoms with Gasteiger partial charge in [0.15, 0.2) is 5.82 Å². The number of amides is 1. The molecule has 0 radical (unpaired) electrons. The Hall–Kier alpha value is -1.49. The molecular formula is C12H14F2N2O. The molecule has 3 nitrogen and oxygen atoms in total. The van der Waals surface area contributed by atoms with Gasteiger partial charge in [-0.15, -0.1) is 0 Å². The van der Waals surface area contributed by atoms with Crippen molar-refractivity contribution in [1.82, 2.24) is 0 Å².